The van der Waals surface area contributed by atoms with E-state index in [1.54, 1.807) is 13.8 Å². The molecule has 0 bridgehead atoms. The number of rotatable bonds is 5. The van der Waals surface area contributed by atoms with Gasteiger partial charge >= 0.3 is 6.18 Å². The van der Waals surface area contributed by atoms with Gasteiger partial charge in [0.1, 0.15) is 0 Å². The lowest BCUT2D eigenvalue weighted by Crippen LogP contribution is -2.43. The van der Waals surface area contributed by atoms with Crippen LogP contribution in [0.5, 0.6) is 0 Å². The summed E-state index contributed by atoms with van der Waals surface area (Å²) in [6.45, 7) is 2.77. The SMILES string of the molecule is CC(C)N(CC(F)(F)F)C(CN)c1cccs1. The van der Waals surface area contributed by atoms with Crippen molar-refractivity contribution in [3.63, 3.8) is 0 Å². The molecule has 17 heavy (non-hydrogen) atoms. The molecule has 0 aromatic carbocycles. The highest BCUT2D eigenvalue weighted by molar-refractivity contribution is 7.10. The van der Waals surface area contributed by atoms with Gasteiger partial charge in [-0.3, -0.25) is 4.90 Å². The monoisotopic (exact) mass is 266 g/mol. The number of nitrogens with zero attached hydrogens (tertiary/aromatic N) is 1. The van der Waals surface area contributed by atoms with Crippen molar-refractivity contribution in [2.75, 3.05) is 13.1 Å². The Morgan fingerprint density at radius 3 is 2.41 bits per heavy atom. The number of thiophene rings is 1. The van der Waals surface area contributed by atoms with E-state index in [2.05, 4.69) is 0 Å². The van der Waals surface area contributed by atoms with Gasteiger partial charge in [-0.05, 0) is 25.3 Å². The minimum absolute atomic E-state index is 0.189. The minimum Gasteiger partial charge on any atom is -0.329 e. The molecule has 0 radical (unpaired) electrons. The van der Waals surface area contributed by atoms with Crippen LogP contribution < -0.4 is 5.73 Å². The molecule has 0 amide bonds. The maximum atomic E-state index is 12.5. The van der Waals surface area contributed by atoms with Gasteiger partial charge in [0.25, 0.3) is 0 Å². The van der Waals surface area contributed by atoms with E-state index in [9.17, 15) is 13.2 Å². The Morgan fingerprint density at radius 1 is 1.41 bits per heavy atom. The second kappa shape index (κ2) is 5.84. The van der Waals surface area contributed by atoms with Crippen LogP contribution in [0.1, 0.15) is 24.8 Å². The summed E-state index contributed by atoms with van der Waals surface area (Å²) in [5.41, 5.74) is 5.62. The predicted molar refractivity (Wildman–Crippen MR) is 64.0 cm³/mol. The van der Waals surface area contributed by atoms with Crippen molar-refractivity contribution in [3.8, 4) is 0 Å². The normalized spacial score (nSPS) is 14.6. The third kappa shape index (κ3) is 4.29. The smallest absolute Gasteiger partial charge is 0.329 e. The van der Waals surface area contributed by atoms with Gasteiger partial charge in [0.2, 0.25) is 0 Å². The fourth-order valence-electron chi connectivity index (χ4n) is 1.76. The Balaban J connectivity index is 2.88. The third-order valence-electron chi connectivity index (χ3n) is 2.52. The van der Waals surface area contributed by atoms with Gasteiger partial charge < -0.3 is 5.73 Å². The van der Waals surface area contributed by atoms with Crippen LogP contribution in [0.4, 0.5) is 13.2 Å². The molecule has 0 spiro atoms. The lowest BCUT2D eigenvalue weighted by Gasteiger charge is -2.34. The quantitative estimate of drug-likeness (QED) is 0.887. The summed E-state index contributed by atoms with van der Waals surface area (Å²) in [6.07, 6.45) is -4.20. The molecular formula is C11H17F3N2S. The first-order valence-electron chi connectivity index (χ1n) is 5.41. The first-order chi connectivity index (χ1) is 7.85. The summed E-state index contributed by atoms with van der Waals surface area (Å²) in [5, 5.41) is 1.85. The van der Waals surface area contributed by atoms with E-state index >= 15 is 0 Å². The molecule has 1 rings (SSSR count). The van der Waals surface area contributed by atoms with Crippen LogP contribution in [0.2, 0.25) is 0 Å². The molecule has 98 valence electrons. The Kier molecular flexibility index (Phi) is 4.97. The van der Waals surface area contributed by atoms with E-state index in [0.29, 0.717) is 0 Å². The highest BCUT2D eigenvalue weighted by atomic mass is 32.1. The largest absolute Gasteiger partial charge is 0.401 e. The molecule has 1 atom stereocenters. The summed E-state index contributed by atoms with van der Waals surface area (Å²) in [7, 11) is 0. The van der Waals surface area contributed by atoms with E-state index in [4.69, 9.17) is 5.73 Å². The predicted octanol–water partition coefficient (Wildman–Crippen LogP) is 3.02. The maximum absolute atomic E-state index is 12.5. The molecule has 2 nitrogen and oxygen atoms in total. The second-order valence-corrected chi connectivity index (χ2v) is 5.13. The average molecular weight is 266 g/mol. The second-order valence-electron chi connectivity index (χ2n) is 4.15. The van der Waals surface area contributed by atoms with Gasteiger partial charge in [-0.1, -0.05) is 6.07 Å². The van der Waals surface area contributed by atoms with Crippen LogP contribution in [-0.2, 0) is 0 Å². The summed E-state index contributed by atoms with van der Waals surface area (Å²) >= 11 is 1.44. The minimum atomic E-state index is -4.20. The van der Waals surface area contributed by atoms with Crippen molar-refractivity contribution in [3.05, 3.63) is 22.4 Å². The highest BCUT2D eigenvalue weighted by Crippen LogP contribution is 2.29. The van der Waals surface area contributed by atoms with E-state index in [1.807, 2.05) is 17.5 Å². The van der Waals surface area contributed by atoms with Crippen molar-refractivity contribution in [2.24, 2.45) is 5.73 Å². The number of hydrogen-bond acceptors (Lipinski definition) is 3. The van der Waals surface area contributed by atoms with Crippen LogP contribution >= 0.6 is 11.3 Å². The topological polar surface area (TPSA) is 29.3 Å². The molecule has 1 heterocycles. The zero-order valence-corrected chi connectivity index (χ0v) is 10.7. The molecule has 1 aromatic rings. The number of halogens is 3. The molecule has 6 heteroatoms. The van der Waals surface area contributed by atoms with E-state index in [1.165, 1.54) is 16.2 Å². The first kappa shape index (κ1) is 14.5. The maximum Gasteiger partial charge on any atom is 0.401 e. The van der Waals surface area contributed by atoms with Crippen LogP contribution in [-0.4, -0.2) is 30.2 Å². The van der Waals surface area contributed by atoms with Crippen molar-refractivity contribution >= 4 is 11.3 Å². The fraction of sp³-hybridized carbons (Fsp3) is 0.636. The van der Waals surface area contributed by atoms with Crippen LogP contribution in [0.3, 0.4) is 0 Å². The van der Waals surface area contributed by atoms with Gasteiger partial charge in [0, 0.05) is 17.5 Å². The van der Waals surface area contributed by atoms with Crippen molar-refractivity contribution < 1.29 is 13.2 Å². The van der Waals surface area contributed by atoms with Crippen molar-refractivity contribution in [2.45, 2.75) is 32.1 Å². The molecule has 0 saturated heterocycles. The first-order valence-corrected chi connectivity index (χ1v) is 6.29. The summed E-state index contributed by atoms with van der Waals surface area (Å²) in [5.74, 6) is 0. The molecule has 0 fully saturated rings. The summed E-state index contributed by atoms with van der Waals surface area (Å²) in [6, 6.07) is 3.09. The number of hydrogen-bond donors (Lipinski definition) is 1. The zero-order valence-electron chi connectivity index (χ0n) is 9.87. The fourth-order valence-corrected chi connectivity index (χ4v) is 2.62. The lowest BCUT2D eigenvalue weighted by molar-refractivity contribution is -0.155. The van der Waals surface area contributed by atoms with Crippen LogP contribution in [0.25, 0.3) is 0 Å². The average Bonchev–Trinajstić information content (AvgIpc) is 2.68. The molecule has 0 aliphatic carbocycles. The zero-order chi connectivity index (χ0) is 13.1. The third-order valence-corrected chi connectivity index (χ3v) is 3.49. The molecule has 0 saturated carbocycles. The molecule has 0 aliphatic rings. The molecule has 1 unspecified atom stereocenters. The van der Waals surface area contributed by atoms with Crippen molar-refractivity contribution in [1.29, 1.82) is 0 Å². The van der Waals surface area contributed by atoms with Crippen LogP contribution in [0, 0.1) is 0 Å². The standard InChI is InChI=1S/C11H17F3N2S/c1-8(2)16(7-11(12,13)14)9(6-15)10-4-3-5-17-10/h3-5,8-9H,6-7,15H2,1-2H3. The molecule has 1 aromatic heterocycles. The van der Waals surface area contributed by atoms with Crippen molar-refractivity contribution in [1.82, 2.24) is 4.90 Å². The highest BCUT2D eigenvalue weighted by Gasteiger charge is 2.35. The lowest BCUT2D eigenvalue weighted by atomic mass is 10.1. The number of nitrogens with two attached hydrogens (primary N) is 1. The van der Waals surface area contributed by atoms with Gasteiger partial charge in [-0.15, -0.1) is 11.3 Å². The van der Waals surface area contributed by atoms with E-state index < -0.39 is 12.7 Å². The van der Waals surface area contributed by atoms with Gasteiger partial charge in [-0.25, -0.2) is 0 Å². The Labute approximate surface area is 103 Å². The Hall–Kier alpha value is -0.590. The summed E-state index contributed by atoms with van der Waals surface area (Å²) in [4.78, 5) is 2.27. The Morgan fingerprint density at radius 2 is 2.06 bits per heavy atom. The van der Waals surface area contributed by atoms with E-state index in [0.717, 1.165) is 4.88 Å². The summed E-state index contributed by atoms with van der Waals surface area (Å²) < 4.78 is 37.6. The van der Waals surface area contributed by atoms with Gasteiger partial charge in [-0.2, -0.15) is 13.2 Å². The van der Waals surface area contributed by atoms with Crippen LogP contribution in [0.15, 0.2) is 17.5 Å². The van der Waals surface area contributed by atoms with Gasteiger partial charge in [0.05, 0.1) is 12.6 Å². The number of alkyl halides is 3. The van der Waals surface area contributed by atoms with E-state index in [-0.39, 0.29) is 18.6 Å². The van der Waals surface area contributed by atoms with Gasteiger partial charge in [0.15, 0.2) is 0 Å². The molecule has 2 N–H and O–H groups in total. The molecule has 0 aliphatic heterocycles. The molecular weight excluding hydrogens is 249 g/mol. The Bertz CT molecular complexity index is 322.